The molecule has 0 aliphatic carbocycles. The van der Waals surface area contributed by atoms with Gasteiger partial charge in [0, 0.05) is 0 Å². The molecule has 0 aromatic heterocycles. The summed E-state index contributed by atoms with van der Waals surface area (Å²) in [7, 11) is 0. The summed E-state index contributed by atoms with van der Waals surface area (Å²) in [5.41, 5.74) is 0. The van der Waals surface area contributed by atoms with Crippen LogP contribution in [0.25, 0.3) is 0 Å². The van der Waals surface area contributed by atoms with E-state index in [1.165, 1.54) is 231 Å². The Hall–Kier alpha value is -0.720. The monoisotopic (exact) mass is 602 g/mol. The van der Waals surface area contributed by atoms with Gasteiger partial charge in [0.15, 0.2) is 0 Å². The minimum Gasteiger partial charge on any atom is -0.368 e. The zero-order valence-electron chi connectivity index (χ0n) is 30.3. The molecule has 256 valence electrons. The SMILES string of the molecule is CCCCCCCCCCCCCCCCCCCC=CNC=CCCCCCCCCCCCCCCCCCCC. The van der Waals surface area contributed by atoms with E-state index in [9.17, 15) is 0 Å². The van der Waals surface area contributed by atoms with Crippen molar-refractivity contribution in [3.8, 4) is 0 Å². The van der Waals surface area contributed by atoms with E-state index in [2.05, 4.69) is 43.7 Å². The number of hydrogen-bond donors (Lipinski definition) is 1. The Balaban J connectivity index is 3.14. The Kier molecular flexibility index (Phi) is 40.6. The smallest absolute Gasteiger partial charge is 0.00358 e. The van der Waals surface area contributed by atoms with E-state index in [1.807, 2.05) is 0 Å². The molecule has 0 aromatic carbocycles. The fraction of sp³-hybridized carbons (Fsp3) is 0.905. The number of allylic oxidation sites excluding steroid dienone is 2. The van der Waals surface area contributed by atoms with Crippen LogP contribution in [0.4, 0.5) is 0 Å². The first kappa shape index (κ1) is 42.3. The van der Waals surface area contributed by atoms with Gasteiger partial charge in [0.05, 0.1) is 0 Å². The molecule has 0 unspecified atom stereocenters. The summed E-state index contributed by atoms with van der Waals surface area (Å²) in [6.45, 7) is 4.61. The number of rotatable bonds is 38. The summed E-state index contributed by atoms with van der Waals surface area (Å²) in [5, 5.41) is 3.34. The molecule has 1 N–H and O–H groups in total. The van der Waals surface area contributed by atoms with Crippen molar-refractivity contribution in [2.24, 2.45) is 0 Å². The summed E-state index contributed by atoms with van der Waals surface area (Å²) in [6, 6.07) is 0. The first-order chi connectivity index (χ1) is 21.4. The van der Waals surface area contributed by atoms with Crippen molar-refractivity contribution in [1.82, 2.24) is 5.32 Å². The molecule has 1 heteroatoms. The summed E-state index contributed by atoms with van der Waals surface area (Å²) >= 11 is 0. The molecule has 0 saturated heterocycles. The molecular formula is C42H83N. The van der Waals surface area contributed by atoms with Gasteiger partial charge in [-0.2, -0.15) is 0 Å². The molecule has 0 aliphatic rings. The molecule has 0 amide bonds. The van der Waals surface area contributed by atoms with Crippen LogP contribution >= 0.6 is 0 Å². The van der Waals surface area contributed by atoms with Crippen molar-refractivity contribution < 1.29 is 0 Å². The average molecular weight is 602 g/mol. The van der Waals surface area contributed by atoms with Gasteiger partial charge in [-0.15, -0.1) is 0 Å². The van der Waals surface area contributed by atoms with E-state index >= 15 is 0 Å². The molecule has 0 atom stereocenters. The lowest BCUT2D eigenvalue weighted by molar-refractivity contribution is 0.527. The van der Waals surface area contributed by atoms with Gasteiger partial charge < -0.3 is 5.32 Å². The Morgan fingerprint density at radius 3 is 0.651 bits per heavy atom. The second kappa shape index (κ2) is 41.3. The van der Waals surface area contributed by atoms with Crippen molar-refractivity contribution in [3.05, 3.63) is 24.6 Å². The van der Waals surface area contributed by atoms with E-state index in [0.717, 1.165) is 0 Å². The highest BCUT2D eigenvalue weighted by atomic mass is 14.8. The largest absolute Gasteiger partial charge is 0.368 e. The number of nitrogens with one attached hydrogen (secondary N) is 1. The van der Waals surface area contributed by atoms with Crippen molar-refractivity contribution in [2.75, 3.05) is 0 Å². The molecule has 0 rings (SSSR count). The molecule has 43 heavy (non-hydrogen) atoms. The summed E-state index contributed by atoms with van der Waals surface area (Å²) in [6.07, 6.45) is 60.6. The van der Waals surface area contributed by atoms with Crippen molar-refractivity contribution in [1.29, 1.82) is 0 Å². The van der Waals surface area contributed by atoms with E-state index in [1.54, 1.807) is 0 Å². The Morgan fingerprint density at radius 1 is 0.256 bits per heavy atom. The summed E-state index contributed by atoms with van der Waals surface area (Å²) < 4.78 is 0. The Labute approximate surface area is 274 Å². The van der Waals surface area contributed by atoms with Gasteiger partial charge >= 0.3 is 0 Å². The average Bonchev–Trinajstić information content (AvgIpc) is 3.02. The van der Waals surface area contributed by atoms with Crippen LogP contribution in [0.5, 0.6) is 0 Å². The highest BCUT2D eigenvalue weighted by Crippen LogP contribution is 2.16. The quantitative estimate of drug-likeness (QED) is 0.0694. The lowest BCUT2D eigenvalue weighted by Crippen LogP contribution is -1.91. The van der Waals surface area contributed by atoms with Crippen LogP contribution in [-0.2, 0) is 0 Å². The normalized spacial score (nSPS) is 11.9. The molecule has 0 radical (unpaired) electrons. The van der Waals surface area contributed by atoms with Crippen molar-refractivity contribution in [3.63, 3.8) is 0 Å². The maximum atomic E-state index is 3.34. The fourth-order valence-electron chi connectivity index (χ4n) is 6.33. The first-order valence-corrected chi connectivity index (χ1v) is 20.5. The third kappa shape index (κ3) is 41.3. The van der Waals surface area contributed by atoms with Crippen LogP contribution in [0.1, 0.15) is 245 Å². The third-order valence-corrected chi connectivity index (χ3v) is 9.38. The third-order valence-electron chi connectivity index (χ3n) is 9.38. The van der Waals surface area contributed by atoms with E-state index in [4.69, 9.17) is 0 Å². The van der Waals surface area contributed by atoms with Crippen LogP contribution in [0.2, 0.25) is 0 Å². The predicted octanol–water partition coefficient (Wildman–Crippen LogP) is 15.7. The van der Waals surface area contributed by atoms with Gasteiger partial charge in [-0.3, -0.25) is 0 Å². The highest BCUT2D eigenvalue weighted by molar-refractivity contribution is 4.88. The second-order valence-electron chi connectivity index (χ2n) is 13.9. The maximum absolute atomic E-state index is 3.34. The molecule has 1 nitrogen and oxygen atoms in total. The molecule has 0 aromatic rings. The topological polar surface area (TPSA) is 12.0 Å². The first-order valence-electron chi connectivity index (χ1n) is 20.5. The zero-order chi connectivity index (χ0) is 31.0. The van der Waals surface area contributed by atoms with Gasteiger partial charge in [-0.05, 0) is 38.1 Å². The van der Waals surface area contributed by atoms with Gasteiger partial charge in [0.1, 0.15) is 0 Å². The molecule has 0 saturated carbocycles. The molecule has 0 aliphatic heterocycles. The van der Waals surface area contributed by atoms with Crippen LogP contribution in [0.15, 0.2) is 24.6 Å². The van der Waals surface area contributed by atoms with Crippen molar-refractivity contribution >= 4 is 0 Å². The van der Waals surface area contributed by atoms with Crippen LogP contribution in [0.3, 0.4) is 0 Å². The van der Waals surface area contributed by atoms with Gasteiger partial charge in [-0.1, -0.05) is 231 Å². The minimum absolute atomic E-state index is 1.22. The zero-order valence-corrected chi connectivity index (χ0v) is 30.3. The fourth-order valence-corrected chi connectivity index (χ4v) is 6.33. The summed E-state index contributed by atoms with van der Waals surface area (Å²) in [4.78, 5) is 0. The Morgan fingerprint density at radius 2 is 0.442 bits per heavy atom. The standard InChI is InChI=1S/C42H83N/c1-3-5-7-9-11-13-15-17-19-21-23-25-27-29-31-33-35-37-39-41-43-42-40-38-36-34-32-30-28-26-24-22-20-18-16-14-12-10-8-6-4-2/h39-43H,3-38H2,1-2H3. The van der Waals surface area contributed by atoms with Crippen LogP contribution < -0.4 is 5.32 Å². The second-order valence-corrected chi connectivity index (χ2v) is 13.9. The van der Waals surface area contributed by atoms with E-state index < -0.39 is 0 Å². The number of unbranched alkanes of at least 4 members (excludes halogenated alkanes) is 34. The van der Waals surface area contributed by atoms with Gasteiger partial charge in [0.25, 0.3) is 0 Å². The molecular weight excluding hydrogens is 518 g/mol. The Bertz CT molecular complexity index is 475. The molecule has 0 bridgehead atoms. The summed E-state index contributed by atoms with van der Waals surface area (Å²) in [5.74, 6) is 0. The highest BCUT2D eigenvalue weighted by Gasteiger charge is 1.96. The van der Waals surface area contributed by atoms with Crippen molar-refractivity contribution in [2.45, 2.75) is 245 Å². The lowest BCUT2D eigenvalue weighted by atomic mass is 10.0. The predicted molar refractivity (Wildman–Crippen MR) is 199 cm³/mol. The van der Waals surface area contributed by atoms with E-state index in [-0.39, 0.29) is 0 Å². The van der Waals surface area contributed by atoms with E-state index in [0.29, 0.717) is 0 Å². The number of hydrogen-bond acceptors (Lipinski definition) is 1. The molecule has 0 fully saturated rings. The van der Waals surface area contributed by atoms with Crippen LogP contribution in [-0.4, -0.2) is 0 Å². The van der Waals surface area contributed by atoms with Crippen LogP contribution in [0, 0.1) is 0 Å². The van der Waals surface area contributed by atoms with Gasteiger partial charge in [0.2, 0.25) is 0 Å². The minimum atomic E-state index is 1.22. The van der Waals surface area contributed by atoms with Gasteiger partial charge in [-0.25, -0.2) is 0 Å². The molecule has 0 heterocycles. The lowest BCUT2D eigenvalue weighted by Gasteiger charge is -2.03. The maximum Gasteiger partial charge on any atom is -0.00358 e. The molecule has 0 spiro atoms.